The van der Waals surface area contributed by atoms with Crippen LogP contribution in [0.4, 0.5) is 14.5 Å². The average Bonchev–Trinajstić information content (AvgIpc) is 2.15. The summed E-state index contributed by atoms with van der Waals surface area (Å²) in [5.74, 6) is 0. The molecule has 1 heterocycles. The van der Waals surface area contributed by atoms with Crippen LogP contribution >= 0.6 is 0 Å². The minimum atomic E-state index is -2.85. The van der Waals surface area contributed by atoms with E-state index in [1.807, 2.05) is 0 Å². The summed E-state index contributed by atoms with van der Waals surface area (Å²) >= 11 is 0. The number of hydrogen-bond donors (Lipinski definition) is 0. The highest BCUT2D eigenvalue weighted by atomic mass is 19.3. The number of alkyl halides is 2. The van der Waals surface area contributed by atoms with E-state index in [2.05, 4.69) is 4.98 Å². The maximum atomic E-state index is 12.3. The predicted molar refractivity (Wildman–Crippen MR) is 45.3 cm³/mol. The molecule has 0 unspecified atom stereocenters. The zero-order valence-corrected chi connectivity index (χ0v) is 7.57. The van der Waals surface area contributed by atoms with Crippen LogP contribution in [0.25, 0.3) is 0 Å². The van der Waals surface area contributed by atoms with Gasteiger partial charge in [-0.2, -0.15) is 5.26 Å². The molecule has 5 nitrogen and oxygen atoms in total. The SMILES string of the molecule is Cc1nc(C(F)F)cc(C#N)c1[N+](=O)[O-]. The van der Waals surface area contributed by atoms with Crippen LogP contribution in [0, 0.1) is 28.4 Å². The van der Waals surface area contributed by atoms with Crippen LogP contribution < -0.4 is 0 Å². The van der Waals surface area contributed by atoms with E-state index in [0.29, 0.717) is 0 Å². The minimum Gasteiger partial charge on any atom is -0.258 e. The van der Waals surface area contributed by atoms with Gasteiger partial charge in [-0.3, -0.25) is 10.1 Å². The summed E-state index contributed by atoms with van der Waals surface area (Å²) in [7, 11) is 0. The van der Waals surface area contributed by atoms with Crippen LogP contribution in [0.3, 0.4) is 0 Å². The lowest BCUT2D eigenvalue weighted by atomic mass is 10.1. The summed E-state index contributed by atoms with van der Waals surface area (Å²) < 4.78 is 24.5. The van der Waals surface area contributed by atoms with Crippen LogP contribution in [0.2, 0.25) is 0 Å². The van der Waals surface area contributed by atoms with E-state index in [-0.39, 0.29) is 5.69 Å². The van der Waals surface area contributed by atoms with Crippen LogP contribution in [0.1, 0.15) is 23.4 Å². The maximum absolute atomic E-state index is 12.3. The van der Waals surface area contributed by atoms with Gasteiger partial charge in [0.2, 0.25) is 0 Å². The van der Waals surface area contributed by atoms with Crippen molar-refractivity contribution < 1.29 is 13.7 Å². The van der Waals surface area contributed by atoms with Gasteiger partial charge in [-0.1, -0.05) is 0 Å². The molecule has 0 aliphatic heterocycles. The molecule has 0 amide bonds. The fourth-order valence-electron chi connectivity index (χ4n) is 1.12. The normalized spacial score (nSPS) is 10.1. The first kappa shape index (κ1) is 11.0. The van der Waals surface area contributed by atoms with Crippen LogP contribution in [0.5, 0.6) is 0 Å². The Morgan fingerprint density at radius 2 is 2.27 bits per heavy atom. The first-order valence-electron chi connectivity index (χ1n) is 3.81. The van der Waals surface area contributed by atoms with Crippen molar-refractivity contribution in [3.05, 3.63) is 33.1 Å². The zero-order chi connectivity index (χ0) is 11.6. The fourth-order valence-corrected chi connectivity index (χ4v) is 1.12. The van der Waals surface area contributed by atoms with Crippen molar-refractivity contribution in [2.24, 2.45) is 0 Å². The van der Waals surface area contributed by atoms with Gasteiger partial charge in [0.05, 0.1) is 4.92 Å². The predicted octanol–water partition coefficient (Wildman–Crippen LogP) is 2.11. The molecule has 0 spiro atoms. The van der Waals surface area contributed by atoms with Gasteiger partial charge in [0.1, 0.15) is 23.0 Å². The van der Waals surface area contributed by atoms with Gasteiger partial charge >= 0.3 is 5.69 Å². The molecule has 1 aromatic heterocycles. The second-order valence-electron chi connectivity index (χ2n) is 2.70. The van der Waals surface area contributed by atoms with Gasteiger partial charge < -0.3 is 0 Å². The van der Waals surface area contributed by atoms with Crippen LogP contribution in [-0.4, -0.2) is 9.91 Å². The highest BCUT2D eigenvalue weighted by Crippen LogP contribution is 2.26. The van der Waals surface area contributed by atoms with Gasteiger partial charge in [-0.05, 0) is 13.0 Å². The number of pyridine rings is 1. The van der Waals surface area contributed by atoms with Crippen molar-refractivity contribution in [1.29, 1.82) is 5.26 Å². The van der Waals surface area contributed by atoms with Crippen LogP contribution in [0.15, 0.2) is 6.07 Å². The lowest BCUT2D eigenvalue weighted by Crippen LogP contribution is -2.02. The molecule has 0 saturated carbocycles. The summed E-state index contributed by atoms with van der Waals surface area (Å²) in [4.78, 5) is 13.1. The molecular formula is C8H5F2N3O2. The van der Waals surface area contributed by atoms with Crippen molar-refractivity contribution in [3.63, 3.8) is 0 Å². The first-order valence-corrected chi connectivity index (χ1v) is 3.81. The molecule has 0 aromatic carbocycles. The lowest BCUT2D eigenvalue weighted by Gasteiger charge is -2.02. The summed E-state index contributed by atoms with van der Waals surface area (Å²) in [6.45, 7) is 1.21. The van der Waals surface area contributed by atoms with E-state index >= 15 is 0 Å². The third-order valence-electron chi connectivity index (χ3n) is 1.71. The fraction of sp³-hybridized carbons (Fsp3) is 0.250. The molecule has 78 valence electrons. The van der Waals surface area contributed by atoms with Gasteiger partial charge in [0.25, 0.3) is 6.43 Å². The molecule has 0 atom stereocenters. The summed E-state index contributed by atoms with van der Waals surface area (Å²) in [6, 6.07) is 2.23. The van der Waals surface area contributed by atoms with Crippen molar-refractivity contribution >= 4 is 5.69 Å². The minimum absolute atomic E-state index is 0.186. The monoisotopic (exact) mass is 213 g/mol. The number of aromatic nitrogens is 1. The third kappa shape index (κ3) is 2.04. The molecule has 0 bridgehead atoms. The quantitative estimate of drug-likeness (QED) is 0.556. The number of halogens is 2. The van der Waals surface area contributed by atoms with Gasteiger partial charge in [0, 0.05) is 0 Å². The molecule has 1 rings (SSSR count). The topological polar surface area (TPSA) is 79.8 Å². The molecule has 0 radical (unpaired) electrons. The van der Waals surface area contributed by atoms with Crippen molar-refractivity contribution in [1.82, 2.24) is 4.98 Å². The van der Waals surface area contributed by atoms with Gasteiger partial charge in [-0.15, -0.1) is 0 Å². The Morgan fingerprint density at radius 1 is 1.67 bits per heavy atom. The first-order chi connectivity index (χ1) is 6.97. The Morgan fingerprint density at radius 3 is 2.67 bits per heavy atom. The van der Waals surface area contributed by atoms with E-state index in [4.69, 9.17) is 5.26 Å². The number of nitrogens with zero attached hydrogens (tertiary/aromatic N) is 3. The smallest absolute Gasteiger partial charge is 0.258 e. The van der Waals surface area contributed by atoms with Gasteiger partial charge in [0.15, 0.2) is 0 Å². The van der Waals surface area contributed by atoms with E-state index in [0.717, 1.165) is 6.07 Å². The molecule has 7 heteroatoms. The Kier molecular flexibility index (Phi) is 2.90. The highest BCUT2D eigenvalue weighted by molar-refractivity contribution is 5.52. The van der Waals surface area contributed by atoms with Crippen LogP contribution in [-0.2, 0) is 0 Å². The second-order valence-corrected chi connectivity index (χ2v) is 2.70. The van der Waals surface area contributed by atoms with Crippen molar-refractivity contribution in [3.8, 4) is 6.07 Å². The average molecular weight is 213 g/mol. The zero-order valence-electron chi connectivity index (χ0n) is 7.57. The van der Waals surface area contributed by atoms with E-state index in [1.54, 1.807) is 0 Å². The summed E-state index contributed by atoms with van der Waals surface area (Å²) in [6.07, 6.45) is -2.85. The molecule has 0 fully saturated rings. The second kappa shape index (κ2) is 3.96. The third-order valence-corrected chi connectivity index (χ3v) is 1.71. The standard InChI is InChI=1S/C8H5F2N3O2/c1-4-7(13(14)15)5(3-11)2-6(12-4)8(9)10/h2,8H,1H3. The van der Waals surface area contributed by atoms with E-state index in [1.165, 1.54) is 13.0 Å². The van der Waals surface area contributed by atoms with E-state index < -0.39 is 28.3 Å². The molecule has 0 saturated heterocycles. The Labute approximate surface area is 83.1 Å². The summed E-state index contributed by atoms with van der Waals surface area (Å²) in [5.41, 5.74) is -1.74. The Balaban J connectivity index is 3.46. The largest absolute Gasteiger partial charge is 0.308 e. The number of nitro groups is 1. The van der Waals surface area contributed by atoms with Crippen molar-refractivity contribution in [2.75, 3.05) is 0 Å². The number of rotatable bonds is 2. The molecule has 0 N–H and O–H groups in total. The number of hydrogen-bond acceptors (Lipinski definition) is 4. The highest BCUT2D eigenvalue weighted by Gasteiger charge is 2.22. The lowest BCUT2D eigenvalue weighted by molar-refractivity contribution is -0.386. The number of nitriles is 1. The van der Waals surface area contributed by atoms with E-state index in [9.17, 15) is 18.9 Å². The van der Waals surface area contributed by atoms with Gasteiger partial charge in [-0.25, -0.2) is 13.8 Å². The summed E-state index contributed by atoms with van der Waals surface area (Å²) in [5, 5.41) is 19.1. The molecular weight excluding hydrogens is 208 g/mol. The van der Waals surface area contributed by atoms with Crippen molar-refractivity contribution in [2.45, 2.75) is 13.3 Å². The molecule has 0 aliphatic rings. The molecule has 15 heavy (non-hydrogen) atoms. The Hall–Kier alpha value is -2.10. The Bertz CT molecular complexity index is 454. The molecule has 0 aliphatic carbocycles. The number of aryl methyl sites for hydroxylation is 1. The maximum Gasteiger partial charge on any atom is 0.308 e. The molecule has 1 aromatic rings.